The molecule has 0 spiro atoms. The molecule has 2 aliphatic heterocycles. The molecule has 0 saturated carbocycles. The lowest BCUT2D eigenvalue weighted by molar-refractivity contribution is -0.879. The van der Waals surface area contributed by atoms with Crippen LogP contribution in [0.2, 0.25) is 0 Å². The fourth-order valence-corrected chi connectivity index (χ4v) is 5.15. The number of amides is 1. The van der Waals surface area contributed by atoms with Crippen molar-refractivity contribution in [3.63, 3.8) is 0 Å². The average Bonchev–Trinajstić information content (AvgIpc) is 3.15. The van der Waals surface area contributed by atoms with Crippen LogP contribution >= 0.6 is 0 Å². The van der Waals surface area contributed by atoms with Crippen molar-refractivity contribution < 1.29 is 18.1 Å². The van der Waals surface area contributed by atoms with E-state index in [1.165, 1.54) is 22.0 Å². The van der Waals surface area contributed by atoms with Crippen LogP contribution in [0, 0.1) is 0 Å². The molecule has 2 saturated heterocycles. The molecular formula is C19H30N3O3S+. The van der Waals surface area contributed by atoms with Crippen LogP contribution in [0.25, 0.3) is 0 Å². The number of rotatable bonds is 5. The van der Waals surface area contributed by atoms with Crippen molar-refractivity contribution in [2.24, 2.45) is 0 Å². The molecule has 144 valence electrons. The highest BCUT2D eigenvalue weighted by Gasteiger charge is 2.31. The summed E-state index contributed by atoms with van der Waals surface area (Å²) in [5.41, 5.74) is 1.13. The predicted octanol–water partition coefficient (Wildman–Crippen LogP) is 0.322. The first kappa shape index (κ1) is 19.3. The number of nitrogens with one attached hydrogen (secondary N) is 1. The van der Waals surface area contributed by atoms with Gasteiger partial charge in [0.2, 0.25) is 10.0 Å². The summed E-state index contributed by atoms with van der Waals surface area (Å²) < 4.78 is 27.2. The molecule has 2 heterocycles. The van der Waals surface area contributed by atoms with Gasteiger partial charge in [0.1, 0.15) is 0 Å². The smallest absolute Gasteiger partial charge is 0.277 e. The van der Waals surface area contributed by atoms with E-state index in [1.807, 2.05) is 17.0 Å². The summed E-state index contributed by atoms with van der Waals surface area (Å²) in [6.45, 7) is 8.57. The minimum Gasteiger partial charge on any atom is -0.335 e. The van der Waals surface area contributed by atoms with Crippen molar-refractivity contribution in [1.82, 2.24) is 9.21 Å². The molecule has 6 nitrogen and oxygen atoms in total. The zero-order valence-electron chi connectivity index (χ0n) is 15.8. The van der Waals surface area contributed by atoms with Crippen LogP contribution in [0.4, 0.5) is 0 Å². The van der Waals surface area contributed by atoms with Crippen molar-refractivity contribution in [1.29, 1.82) is 0 Å². The van der Waals surface area contributed by atoms with Crippen molar-refractivity contribution in [3.8, 4) is 0 Å². The summed E-state index contributed by atoms with van der Waals surface area (Å²) in [7, 11) is -3.49. The second kappa shape index (κ2) is 8.06. The quantitative estimate of drug-likeness (QED) is 0.800. The van der Waals surface area contributed by atoms with Crippen molar-refractivity contribution in [2.45, 2.75) is 37.5 Å². The maximum atomic E-state index is 12.8. The molecule has 2 fully saturated rings. The first-order chi connectivity index (χ1) is 12.4. The van der Waals surface area contributed by atoms with Gasteiger partial charge in [-0.1, -0.05) is 26.0 Å². The number of sulfonamides is 1. The third-order valence-electron chi connectivity index (χ3n) is 5.49. The monoisotopic (exact) mass is 380 g/mol. The molecule has 1 N–H and O–H groups in total. The van der Waals surface area contributed by atoms with Crippen molar-refractivity contribution in [3.05, 3.63) is 29.8 Å². The first-order valence-corrected chi connectivity index (χ1v) is 11.0. The number of benzene rings is 1. The Balaban J connectivity index is 1.58. The number of hydrogen-bond donors (Lipinski definition) is 1. The number of carbonyl (C=O) groups excluding carboxylic acids is 1. The van der Waals surface area contributed by atoms with E-state index < -0.39 is 10.0 Å². The van der Waals surface area contributed by atoms with Gasteiger partial charge in [0.15, 0.2) is 6.54 Å². The molecule has 3 rings (SSSR count). The van der Waals surface area contributed by atoms with Gasteiger partial charge >= 0.3 is 0 Å². The summed E-state index contributed by atoms with van der Waals surface area (Å²) in [5, 5.41) is 0. The molecule has 0 aliphatic carbocycles. The van der Waals surface area contributed by atoms with E-state index in [1.54, 1.807) is 12.1 Å². The second-order valence-corrected chi connectivity index (χ2v) is 9.58. The highest BCUT2D eigenvalue weighted by Crippen LogP contribution is 2.21. The van der Waals surface area contributed by atoms with Gasteiger partial charge in [0.25, 0.3) is 5.91 Å². The Morgan fingerprint density at radius 1 is 1.04 bits per heavy atom. The van der Waals surface area contributed by atoms with Gasteiger partial charge in [-0.3, -0.25) is 4.79 Å². The van der Waals surface area contributed by atoms with E-state index in [-0.39, 0.29) is 5.91 Å². The Morgan fingerprint density at radius 2 is 1.62 bits per heavy atom. The van der Waals surface area contributed by atoms with Gasteiger partial charge < -0.3 is 9.80 Å². The zero-order chi connectivity index (χ0) is 18.7. The Hall–Kier alpha value is -1.44. The molecular weight excluding hydrogens is 350 g/mol. The number of carbonyl (C=O) groups is 1. The van der Waals surface area contributed by atoms with Gasteiger partial charge in [-0.2, -0.15) is 4.31 Å². The van der Waals surface area contributed by atoms with Gasteiger partial charge in [-0.15, -0.1) is 0 Å². The van der Waals surface area contributed by atoms with Crippen LogP contribution in [-0.4, -0.2) is 69.3 Å². The number of likely N-dealkylation sites (tertiary alicyclic amines) is 1. The summed E-state index contributed by atoms with van der Waals surface area (Å²) in [6.07, 6.45) is 2.40. The maximum absolute atomic E-state index is 12.8. The summed E-state index contributed by atoms with van der Waals surface area (Å²) >= 11 is 0. The molecule has 1 aromatic rings. The van der Waals surface area contributed by atoms with Gasteiger partial charge in [0.05, 0.1) is 18.0 Å². The number of hydrogen-bond acceptors (Lipinski definition) is 3. The SMILES string of the molecule is CC(C)c1ccc(S(=O)(=O)N2CCN(C(=O)C[NH+]3CCCC3)CC2)cc1. The van der Waals surface area contributed by atoms with E-state index in [9.17, 15) is 13.2 Å². The Bertz CT molecular complexity index is 717. The molecule has 0 bridgehead atoms. The van der Waals surface area contributed by atoms with Crippen LogP contribution < -0.4 is 4.90 Å². The van der Waals surface area contributed by atoms with E-state index >= 15 is 0 Å². The van der Waals surface area contributed by atoms with Crippen LogP contribution in [-0.2, 0) is 14.8 Å². The topological polar surface area (TPSA) is 62.1 Å². The molecule has 7 heteroatoms. The van der Waals surface area contributed by atoms with Gasteiger partial charge in [-0.25, -0.2) is 8.42 Å². The van der Waals surface area contributed by atoms with Crippen LogP contribution in [0.3, 0.4) is 0 Å². The highest BCUT2D eigenvalue weighted by molar-refractivity contribution is 7.89. The van der Waals surface area contributed by atoms with Crippen molar-refractivity contribution in [2.75, 3.05) is 45.8 Å². The van der Waals surface area contributed by atoms with Crippen molar-refractivity contribution >= 4 is 15.9 Å². The highest BCUT2D eigenvalue weighted by atomic mass is 32.2. The van der Waals surface area contributed by atoms with Crippen LogP contribution in [0.5, 0.6) is 0 Å². The van der Waals surface area contributed by atoms with E-state index in [0.717, 1.165) is 18.7 Å². The lowest BCUT2D eigenvalue weighted by atomic mass is 10.0. The molecule has 2 aliphatic rings. The number of piperazine rings is 1. The van der Waals surface area contributed by atoms with Gasteiger partial charge in [0, 0.05) is 39.0 Å². The molecule has 0 unspecified atom stereocenters. The normalized spacial score (nSPS) is 20.0. The molecule has 1 aromatic carbocycles. The molecule has 1 amide bonds. The first-order valence-electron chi connectivity index (χ1n) is 9.59. The van der Waals surface area contributed by atoms with E-state index in [0.29, 0.717) is 43.5 Å². The Kier molecular flexibility index (Phi) is 5.99. The second-order valence-electron chi connectivity index (χ2n) is 7.64. The molecule has 26 heavy (non-hydrogen) atoms. The lowest BCUT2D eigenvalue weighted by Crippen LogP contribution is -3.11. The van der Waals surface area contributed by atoms with Crippen LogP contribution in [0.15, 0.2) is 29.2 Å². The standard InChI is InChI=1S/C19H29N3O3S/c1-16(2)17-5-7-18(8-6-17)26(24,25)22-13-11-21(12-14-22)19(23)15-20-9-3-4-10-20/h5-8,16H,3-4,9-15H2,1-2H3/p+1. The predicted molar refractivity (Wildman–Crippen MR) is 101 cm³/mol. The zero-order valence-corrected chi connectivity index (χ0v) is 16.6. The third kappa shape index (κ3) is 4.27. The molecule has 0 radical (unpaired) electrons. The number of quaternary nitrogens is 1. The maximum Gasteiger partial charge on any atom is 0.277 e. The lowest BCUT2D eigenvalue weighted by Gasteiger charge is -2.34. The number of nitrogens with zero attached hydrogens (tertiary/aromatic N) is 2. The Labute approximate surface area is 156 Å². The van der Waals surface area contributed by atoms with E-state index in [4.69, 9.17) is 0 Å². The summed E-state index contributed by atoms with van der Waals surface area (Å²) in [4.78, 5) is 15.9. The largest absolute Gasteiger partial charge is 0.335 e. The minimum atomic E-state index is -3.49. The minimum absolute atomic E-state index is 0.153. The molecule has 0 atom stereocenters. The Morgan fingerprint density at radius 3 is 2.15 bits per heavy atom. The van der Waals surface area contributed by atoms with E-state index in [2.05, 4.69) is 13.8 Å². The summed E-state index contributed by atoms with van der Waals surface area (Å²) in [5.74, 6) is 0.527. The van der Waals surface area contributed by atoms with Crippen LogP contribution in [0.1, 0.15) is 38.2 Å². The fourth-order valence-electron chi connectivity index (χ4n) is 3.73. The third-order valence-corrected chi connectivity index (χ3v) is 7.40. The average molecular weight is 381 g/mol. The summed E-state index contributed by atoms with van der Waals surface area (Å²) in [6, 6.07) is 7.16. The van der Waals surface area contributed by atoms with Gasteiger partial charge in [-0.05, 0) is 23.6 Å². The fraction of sp³-hybridized carbons (Fsp3) is 0.632. The molecule has 0 aromatic heterocycles.